The zero-order valence-corrected chi connectivity index (χ0v) is 6.60. The summed E-state index contributed by atoms with van der Waals surface area (Å²) >= 11 is 0. The Bertz CT molecular complexity index is 366. The monoisotopic (exact) mass is 196 g/mol. The molecule has 4 nitrogen and oxygen atoms in total. The minimum absolute atomic E-state index is 0.658. The van der Waals surface area contributed by atoms with E-state index in [1.165, 1.54) is 0 Å². The van der Waals surface area contributed by atoms with Gasteiger partial charge in [-0.05, 0) is 6.07 Å². The number of halogens is 2. The van der Waals surface area contributed by atoms with E-state index in [2.05, 4.69) is 10.2 Å². The molecule has 7 heteroatoms. The molecule has 0 saturated carbocycles. The number of rotatable bonds is 1. The van der Waals surface area contributed by atoms with Crippen LogP contribution >= 0.6 is 10.7 Å². The quantitative estimate of drug-likeness (QED) is 0.616. The van der Waals surface area contributed by atoms with Crippen molar-refractivity contribution < 1.29 is 12.8 Å². The zero-order valence-electron chi connectivity index (χ0n) is 5.03. The zero-order chi connectivity index (χ0) is 8.48. The molecule has 1 aromatic heterocycles. The third kappa shape index (κ3) is 1.84. The Morgan fingerprint density at radius 3 is 2.55 bits per heavy atom. The number of hydrogen-bond donors (Lipinski definition) is 0. The molecule has 0 aliphatic carbocycles. The van der Waals surface area contributed by atoms with Gasteiger partial charge in [0.05, 0.1) is 6.20 Å². The molecule has 0 bridgehead atoms. The molecule has 1 aromatic rings. The maximum atomic E-state index is 12.4. The molecule has 0 amide bonds. The van der Waals surface area contributed by atoms with Crippen LogP contribution in [0.5, 0.6) is 0 Å². The van der Waals surface area contributed by atoms with Crippen LogP contribution in [0.25, 0.3) is 0 Å². The molecule has 0 aliphatic rings. The molecule has 0 N–H and O–H groups in total. The third-order valence-corrected chi connectivity index (χ3v) is 2.23. The second-order valence-corrected chi connectivity index (χ2v) is 4.16. The van der Waals surface area contributed by atoms with Gasteiger partial charge in [-0.15, -0.1) is 5.10 Å². The molecular formula is C4H2ClFN2O2S. The molecule has 0 unspecified atom stereocenters. The van der Waals surface area contributed by atoms with Gasteiger partial charge in [-0.1, -0.05) is 0 Å². The summed E-state index contributed by atoms with van der Waals surface area (Å²) in [6.07, 6.45) is 1.04. The topological polar surface area (TPSA) is 59.9 Å². The lowest BCUT2D eigenvalue weighted by atomic mass is 10.6. The van der Waals surface area contributed by atoms with Crippen molar-refractivity contribution in [2.75, 3.05) is 0 Å². The van der Waals surface area contributed by atoms with Gasteiger partial charge in [-0.25, -0.2) is 8.42 Å². The molecule has 0 atom stereocenters. The molecule has 0 aromatic carbocycles. The average Bonchev–Trinajstić information content (AvgIpc) is 1.86. The summed E-state index contributed by atoms with van der Waals surface area (Å²) in [6, 6.07) is 0.935. The number of aromatic nitrogens is 2. The molecule has 11 heavy (non-hydrogen) atoms. The van der Waals surface area contributed by atoms with Crippen molar-refractivity contribution in [3.63, 3.8) is 0 Å². The van der Waals surface area contributed by atoms with E-state index in [0.29, 0.717) is 0 Å². The van der Waals surface area contributed by atoms with E-state index >= 15 is 0 Å². The minimum atomic E-state index is -4.04. The Morgan fingerprint density at radius 1 is 1.55 bits per heavy atom. The van der Waals surface area contributed by atoms with Gasteiger partial charge in [-0.2, -0.15) is 9.49 Å². The van der Waals surface area contributed by atoms with E-state index in [0.717, 1.165) is 12.3 Å². The summed E-state index contributed by atoms with van der Waals surface area (Å²) in [5.41, 5.74) is 0. The van der Waals surface area contributed by atoms with Gasteiger partial charge in [0.15, 0.2) is 0 Å². The van der Waals surface area contributed by atoms with Crippen molar-refractivity contribution in [3.8, 4) is 0 Å². The van der Waals surface area contributed by atoms with E-state index in [-0.39, 0.29) is 0 Å². The second-order valence-electron chi connectivity index (χ2n) is 1.62. The Morgan fingerprint density at radius 2 is 2.18 bits per heavy atom. The van der Waals surface area contributed by atoms with Crippen LogP contribution in [0.4, 0.5) is 4.39 Å². The van der Waals surface area contributed by atoms with Crippen molar-refractivity contribution in [1.29, 1.82) is 0 Å². The maximum absolute atomic E-state index is 12.4. The highest BCUT2D eigenvalue weighted by atomic mass is 35.7. The van der Waals surface area contributed by atoms with Crippen molar-refractivity contribution in [1.82, 2.24) is 10.2 Å². The van der Waals surface area contributed by atoms with Crippen molar-refractivity contribution in [2.45, 2.75) is 4.90 Å². The predicted octanol–water partition coefficient (Wildman–Crippen LogP) is 0.543. The highest BCUT2D eigenvalue weighted by Gasteiger charge is 2.16. The van der Waals surface area contributed by atoms with Crippen molar-refractivity contribution in [2.24, 2.45) is 0 Å². The Kier molecular flexibility index (Phi) is 2.05. The standard InChI is InChI=1S/C4H2ClFN2O2S/c5-11(9,10)3-1-2-7-8-4(3)6/h1-2H. The third-order valence-electron chi connectivity index (χ3n) is 0.904. The molecule has 0 saturated heterocycles. The maximum Gasteiger partial charge on any atom is 0.265 e. The van der Waals surface area contributed by atoms with Crippen LogP contribution in [0, 0.1) is 5.95 Å². The fourth-order valence-electron chi connectivity index (χ4n) is 0.485. The minimum Gasteiger partial charge on any atom is -0.207 e. The number of hydrogen-bond acceptors (Lipinski definition) is 4. The van der Waals surface area contributed by atoms with Crippen molar-refractivity contribution in [3.05, 3.63) is 18.2 Å². The second kappa shape index (κ2) is 2.71. The summed E-state index contributed by atoms with van der Waals surface area (Å²) in [5, 5.41) is 5.98. The van der Waals surface area contributed by atoms with E-state index in [1.807, 2.05) is 0 Å². The lowest BCUT2D eigenvalue weighted by molar-refractivity contribution is 0.525. The van der Waals surface area contributed by atoms with Gasteiger partial charge >= 0.3 is 0 Å². The van der Waals surface area contributed by atoms with Gasteiger partial charge in [0, 0.05) is 10.7 Å². The lowest BCUT2D eigenvalue weighted by Gasteiger charge is -1.93. The summed E-state index contributed by atoms with van der Waals surface area (Å²) in [5.74, 6) is -1.19. The summed E-state index contributed by atoms with van der Waals surface area (Å²) in [4.78, 5) is -0.658. The molecule has 0 spiro atoms. The largest absolute Gasteiger partial charge is 0.265 e. The van der Waals surface area contributed by atoms with Gasteiger partial charge < -0.3 is 0 Å². The van der Waals surface area contributed by atoms with E-state index in [1.54, 1.807) is 0 Å². The highest BCUT2D eigenvalue weighted by molar-refractivity contribution is 8.13. The highest BCUT2D eigenvalue weighted by Crippen LogP contribution is 2.14. The van der Waals surface area contributed by atoms with Crippen LogP contribution in [0.15, 0.2) is 17.2 Å². The smallest absolute Gasteiger partial charge is 0.207 e. The molecule has 0 aliphatic heterocycles. The first kappa shape index (κ1) is 8.35. The Balaban J connectivity index is 3.37. The van der Waals surface area contributed by atoms with Crippen LogP contribution in [-0.2, 0) is 9.05 Å². The van der Waals surface area contributed by atoms with Crippen LogP contribution < -0.4 is 0 Å². The van der Waals surface area contributed by atoms with E-state index < -0.39 is 19.9 Å². The number of nitrogens with zero attached hydrogens (tertiary/aromatic N) is 2. The van der Waals surface area contributed by atoms with Gasteiger partial charge in [0.1, 0.15) is 4.90 Å². The summed E-state index contributed by atoms with van der Waals surface area (Å²) in [7, 11) is 0.789. The molecule has 1 rings (SSSR count). The van der Waals surface area contributed by atoms with Crippen LogP contribution in [0.1, 0.15) is 0 Å². The summed E-state index contributed by atoms with van der Waals surface area (Å²) in [6.45, 7) is 0. The SMILES string of the molecule is O=S(=O)(Cl)c1ccnnc1F. The first-order valence-electron chi connectivity index (χ1n) is 2.43. The van der Waals surface area contributed by atoms with Gasteiger partial charge in [0.2, 0.25) is 0 Å². The first-order chi connectivity index (χ1) is 5.02. The molecule has 0 radical (unpaired) electrons. The van der Waals surface area contributed by atoms with Gasteiger partial charge in [-0.3, -0.25) is 0 Å². The lowest BCUT2D eigenvalue weighted by Crippen LogP contribution is -1.98. The van der Waals surface area contributed by atoms with Crippen LogP contribution in [0.2, 0.25) is 0 Å². The Labute approximate surface area is 66.4 Å². The van der Waals surface area contributed by atoms with Gasteiger partial charge in [0.25, 0.3) is 15.0 Å². The van der Waals surface area contributed by atoms with Crippen LogP contribution in [-0.4, -0.2) is 18.6 Å². The van der Waals surface area contributed by atoms with Crippen LogP contribution in [0.3, 0.4) is 0 Å². The Hall–Kier alpha value is -0.750. The fraction of sp³-hybridized carbons (Fsp3) is 0. The molecule has 0 fully saturated rings. The van der Waals surface area contributed by atoms with E-state index in [9.17, 15) is 12.8 Å². The summed E-state index contributed by atoms with van der Waals surface area (Å²) < 4.78 is 33.5. The fourth-order valence-corrected chi connectivity index (χ4v) is 1.30. The van der Waals surface area contributed by atoms with E-state index in [4.69, 9.17) is 10.7 Å². The predicted molar refractivity (Wildman–Crippen MR) is 35.0 cm³/mol. The first-order valence-corrected chi connectivity index (χ1v) is 4.74. The normalized spacial score (nSPS) is 11.5. The molecular weight excluding hydrogens is 195 g/mol. The van der Waals surface area contributed by atoms with Crippen molar-refractivity contribution >= 4 is 19.7 Å². The molecule has 60 valence electrons. The average molecular weight is 197 g/mol. The molecule has 1 heterocycles.